The molecule has 0 unspecified atom stereocenters. The van der Waals surface area contributed by atoms with Gasteiger partial charge < -0.3 is 15.4 Å². The third-order valence-corrected chi connectivity index (χ3v) is 4.41. The summed E-state index contributed by atoms with van der Waals surface area (Å²) in [6.45, 7) is 1.29. The lowest BCUT2D eigenvalue weighted by atomic mass is 10.1. The number of carbonyl (C=O) groups excluding carboxylic acids is 2. The van der Waals surface area contributed by atoms with Gasteiger partial charge in [-0.2, -0.15) is 0 Å². The van der Waals surface area contributed by atoms with Crippen molar-refractivity contribution in [2.45, 2.75) is 31.8 Å². The first kappa shape index (κ1) is 18.1. The predicted octanol–water partition coefficient (Wildman–Crippen LogP) is 3.17. The lowest BCUT2D eigenvalue weighted by molar-refractivity contribution is -0.116. The third-order valence-electron chi connectivity index (χ3n) is 4.41. The van der Waals surface area contributed by atoms with E-state index in [1.54, 1.807) is 24.3 Å². The fourth-order valence-electron chi connectivity index (χ4n) is 2.98. The monoisotopic (exact) mass is 352 g/mol. The topological polar surface area (TPSA) is 67.4 Å². The van der Waals surface area contributed by atoms with Crippen LogP contribution in [0.4, 0.5) is 5.69 Å². The van der Waals surface area contributed by atoms with Crippen LogP contribution >= 0.6 is 0 Å². The van der Waals surface area contributed by atoms with Crippen molar-refractivity contribution in [1.82, 2.24) is 5.32 Å². The lowest BCUT2D eigenvalue weighted by Gasteiger charge is -2.11. The van der Waals surface area contributed by atoms with E-state index in [1.165, 1.54) is 0 Å². The molecule has 0 spiro atoms. The molecule has 0 aliphatic carbocycles. The van der Waals surface area contributed by atoms with Crippen LogP contribution in [0.25, 0.3) is 0 Å². The van der Waals surface area contributed by atoms with E-state index in [1.807, 2.05) is 30.3 Å². The molecule has 2 amide bonds. The molecule has 1 aliphatic heterocycles. The van der Waals surface area contributed by atoms with E-state index in [-0.39, 0.29) is 17.9 Å². The van der Waals surface area contributed by atoms with Gasteiger partial charge in [0.1, 0.15) is 0 Å². The number of anilines is 1. The normalized spacial score (nSPS) is 16.2. The second kappa shape index (κ2) is 9.15. The molecule has 3 rings (SSSR count). The maximum Gasteiger partial charge on any atom is 0.251 e. The maximum absolute atomic E-state index is 12.3. The number of hydrogen-bond donors (Lipinski definition) is 2. The zero-order valence-corrected chi connectivity index (χ0v) is 14.7. The average molecular weight is 352 g/mol. The number of carbonyl (C=O) groups is 2. The van der Waals surface area contributed by atoms with Gasteiger partial charge in [-0.05, 0) is 43.0 Å². The molecular weight excluding hydrogens is 328 g/mol. The molecule has 0 bridgehead atoms. The Labute approximate surface area is 153 Å². The van der Waals surface area contributed by atoms with Crippen LogP contribution in [0.5, 0.6) is 0 Å². The number of aryl methyl sites for hydroxylation is 1. The Bertz CT molecular complexity index is 740. The third kappa shape index (κ3) is 5.43. The molecule has 1 heterocycles. The number of rotatable bonds is 7. The Balaban J connectivity index is 1.49. The van der Waals surface area contributed by atoms with E-state index in [0.717, 1.165) is 25.0 Å². The van der Waals surface area contributed by atoms with Crippen LogP contribution < -0.4 is 10.6 Å². The van der Waals surface area contributed by atoms with Gasteiger partial charge in [0.15, 0.2) is 0 Å². The molecule has 1 saturated heterocycles. The van der Waals surface area contributed by atoms with Crippen LogP contribution in [0.3, 0.4) is 0 Å². The highest BCUT2D eigenvalue weighted by atomic mass is 16.5. The average Bonchev–Trinajstić information content (AvgIpc) is 3.19. The second-order valence-electron chi connectivity index (χ2n) is 6.46. The highest BCUT2D eigenvalue weighted by Crippen LogP contribution is 2.13. The number of ether oxygens (including phenoxy) is 1. The molecule has 2 aromatic rings. The summed E-state index contributed by atoms with van der Waals surface area (Å²) in [5.74, 6) is -0.216. The second-order valence-corrected chi connectivity index (χ2v) is 6.46. The molecule has 2 N–H and O–H groups in total. The van der Waals surface area contributed by atoms with Crippen LogP contribution in [-0.4, -0.2) is 31.1 Å². The van der Waals surface area contributed by atoms with E-state index in [0.29, 0.717) is 30.6 Å². The first-order valence-corrected chi connectivity index (χ1v) is 9.04. The number of benzene rings is 2. The molecule has 0 aromatic heterocycles. The summed E-state index contributed by atoms with van der Waals surface area (Å²) in [6, 6.07) is 16.9. The number of amides is 2. The summed E-state index contributed by atoms with van der Waals surface area (Å²) in [6.07, 6.45) is 3.23. The lowest BCUT2D eigenvalue weighted by Crippen LogP contribution is -2.31. The van der Waals surface area contributed by atoms with Crippen molar-refractivity contribution in [3.05, 3.63) is 65.7 Å². The van der Waals surface area contributed by atoms with Crippen LogP contribution in [0.2, 0.25) is 0 Å². The Morgan fingerprint density at radius 1 is 1.08 bits per heavy atom. The van der Waals surface area contributed by atoms with E-state index in [2.05, 4.69) is 10.6 Å². The SMILES string of the molecule is O=C(CCc1ccccc1)Nc1cccc(C(=O)NC[C@@H]2CCCO2)c1. The smallest absolute Gasteiger partial charge is 0.251 e. The van der Waals surface area contributed by atoms with E-state index >= 15 is 0 Å². The fraction of sp³-hybridized carbons (Fsp3) is 0.333. The van der Waals surface area contributed by atoms with Gasteiger partial charge in [-0.15, -0.1) is 0 Å². The Morgan fingerprint density at radius 3 is 2.69 bits per heavy atom. The zero-order valence-electron chi connectivity index (χ0n) is 14.7. The van der Waals surface area contributed by atoms with Crippen molar-refractivity contribution in [3.63, 3.8) is 0 Å². The summed E-state index contributed by atoms with van der Waals surface area (Å²) < 4.78 is 5.51. The molecule has 5 nitrogen and oxygen atoms in total. The van der Waals surface area contributed by atoms with Crippen LogP contribution in [-0.2, 0) is 16.0 Å². The first-order chi connectivity index (χ1) is 12.7. The highest BCUT2D eigenvalue weighted by Gasteiger charge is 2.16. The summed E-state index contributed by atoms with van der Waals surface area (Å²) in [5, 5.41) is 5.75. The van der Waals surface area contributed by atoms with Crippen LogP contribution in [0, 0.1) is 0 Å². The summed E-state index contributed by atoms with van der Waals surface area (Å²) in [5.41, 5.74) is 2.29. The molecule has 0 radical (unpaired) electrons. The summed E-state index contributed by atoms with van der Waals surface area (Å²) >= 11 is 0. The Hall–Kier alpha value is -2.66. The summed E-state index contributed by atoms with van der Waals surface area (Å²) in [7, 11) is 0. The summed E-state index contributed by atoms with van der Waals surface area (Å²) in [4.78, 5) is 24.4. The first-order valence-electron chi connectivity index (χ1n) is 9.04. The van der Waals surface area contributed by atoms with Crippen molar-refractivity contribution < 1.29 is 14.3 Å². The Kier molecular flexibility index (Phi) is 6.39. The van der Waals surface area contributed by atoms with Gasteiger partial charge in [0.2, 0.25) is 5.91 Å². The molecule has 1 atom stereocenters. The van der Waals surface area contributed by atoms with Gasteiger partial charge in [-0.1, -0.05) is 36.4 Å². The minimum absolute atomic E-state index is 0.0641. The van der Waals surface area contributed by atoms with Crippen LogP contribution in [0.15, 0.2) is 54.6 Å². The van der Waals surface area contributed by atoms with Crippen molar-refractivity contribution in [1.29, 1.82) is 0 Å². The minimum atomic E-state index is -0.152. The molecule has 26 heavy (non-hydrogen) atoms. The van der Waals surface area contributed by atoms with Gasteiger partial charge in [0, 0.05) is 30.8 Å². The fourth-order valence-corrected chi connectivity index (χ4v) is 2.98. The largest absolute Gasteiger partial charge is 0.376 e. The van der Waals surface area contributed by atoms with E-state index in [4.69, 9.17) is 4.74 Å². The van der Waals surface area contributed by atoms with Gasteiger partial charge in [-0.25, -0.2) is 0 Å². The quantitative estimate of drug-likeness (QED) is 0.804. The zero-order chi connectivity index (χ0) is 18.2. The standard InChI is InChI=1S/C21H24N2O3/c24-20(12-11-16-6-2-1-3-7-16)23-18-9-4-8-17(14-18)21(25)22-15-19-10-5-13-26-19/h1-4,6-9,14,19H,5,10-13,15H2,(H,22,25)(H,23,24)/t19-/m0/s1. The van der Waals surface area contributed by atoms with E-state index < -0.39 is 0 Å². The number of nitrogens with one attached hydrogen (secondary N) is 2. The van der Waals surface area contributed by atoms with Gasteiger partial charge in [0.25, 0.3) is 5.91 Å². The highest BCUT2D eigenvalue weighted by molar-refractivity contribution is 5.97. The minimum Gasteiger partial charge on any atom is -0.376 e. The Morgan fingerprint density at radius 2 is 1.92 bits per heavy atom. The molecule has 2 aromatic carbocycles. The van der Waals surface area contributed by atoms with E-state index in [9.17, 15) is 9.59 Å². The van der Waals surface area contributed by atoms with Crippen LogP contribution in [0.1, 0.15) is 35.2 Å². The molecule has 136 valence electrons. The van der Waals surface area contributed by atoms with Crippen molar-refractivity contribution in [2.75, 3.05) is 18.5 Å². The van der Waals surface area contributed by atoms with Crippen molar-refractivity contribution in [3.8, 4) is 0 Å². The van der Waals surface area contributed by atoms with Gasteiger partial charge in [0.05, 0.1) is 6.10 Å². The predicted molar refractivity (Wildman–Crippen MR) is 101 cm³/mol. The van der Waals surface area contributed by atoms with Crippen molar-refractivity contribution in [2.24, 2.45) is 0 Å². The van der Waals surface area contributed by atoms with Gasteiger partial charge >= 0.3 is 0 Å². The molecule has 5 heteroatoms. The molecule has 1 aliphatic rings. The maximum atomic E-state index is 12.3. The molecule has 0 saturated carbocycles. The molecular formula is C21H24N2O3. The number of hydrogen-bond acceptors (Lipinski definition) is 3. The van der Waals surface area contributed by atoms with Crippen molar-refractivity contribution >= 4 is 17.5 Å². The molecule has 1 fully saturated rings. The van der Waals surface area contributed by atoms with Gasteiger partial charge in [-0.3, -0.25) is 9.59 Å².